The lowest BCUT2D eigenvalue weighted by Crippen LogP contribution is -2.13. The van der Waals surface area contributed by atoms with Gasteiger partial charge in [-0.15, -0.1) is 11.6 Å². The van der Waals surface area contributed by atoms with E-state index >= 15 is 0 Å². The molecule has 0 heterocycles. The van der Waals surface area contributed by atoms with Gasteiger partial charge in [0, 0.05) is 17.3 Å². The number of unbranched alkanes of at least 4 members (excludes halogenated alkanes) is 1. The fourth-order valence-corrected chi connectivity index (χ4v) is 2.37. The molecule has 0 fully saturated rings. The normalized spacial score (nSPS) is 16.0. The van der Waals surface area contributed by atoms with Gasteiger partial charge in [0.05, 0.1) is 6.61 Å². The molecule has 0 amide bonds. The molecule has 0 saturated carbocycles. The zero-order chi connectivity index (χ0) is 9.40. The number of hydrogen-bond donors (Lipinski definition) is 0. The molecule has 74 valence electrons. The second kappa shape index (κ2) is 8.33. The van der Waals surface area contributed by atoms with E-state index in [1.54, 1.807) is 7.11 Å². The summed E-state index contributed by atoms with van der Waals surface area (Å²) in [6.45, 7) is 2.93. The molecular weight excluding hydrogens is 239 g/mol. The van der Waals surface area contributed by atoms with Crippen LogP contribution in [-0.4, -0.2) is 23.9 Å². The van der Waals surface area contributed by atoms with Gasteiger partial charge in [-0.2, -0.15) is 0 Å². The van der Waals surface area contributed by atoms with E-state index < -0.39 is 0 Å². The summed E-state index contributed by atoms with van der Waals surface area (Å²) in [5.74, 6) is 0. The number of ether oxygens (including phenoxy) is 1. The van der Waals surface area contributed by atoms with Crippen molar-refractivity contribution in [3.8, 4) is 0 Å². The highest BCUT2D eigenvalue weighted by Gasteiger charge is 2.10. The summed E-state index contributed by atoms with van der Waals surface area (Å²) >= 11 is 9.63. The molecule has 0 N–H and O–H groups in total. The maximum absolute atomic E-state index is 6.10. The lowest BCUT2D eigenvalue weighted by atomic mass is 10.1. The van der Waals surface area contributed by atoms with E-state index in [9.17, 15) is 0 Å². The van der Waals surface area contributed by atoms with Gasteiger partial charge < -0.3 is 4.74 Å². The zero-order valence-corrected chi connectivity index (χ0v) is 10.2. The Labute approximate surface area is 88.9 Å². The fraction of sp³-hybridized carbons (Fsp3) is 1.00. The highest BCUT2D eigenvalue weighted by molar-refractivity contribution is 9.09. The Balaban J connectivity index is 3.33. The third-order valence-electron chi connectivity index (χ3n) is 1.73. The number of alkyl halides is 2. The minimum atomic E-state index is 0.296. The van der Waals surface area contributed by atoms with Crippen LogP contribution in [0, 0.1) is 0 Å². The van der Waals surface area contributed by atoms with E-state index in [1.165, 1.54) is 12.8 Å². The Kier molecular flexibility index (Phi) is 8.84. The fourth-order valence-electron chi connectivity index (χ4n) is 1.07. The SMILES string of the molecule is CCCCC(Cl)CC(Br)COC. The van der Waals surface area contributed by atoms with Crippen LogP contribution >= 0.6 is 27.5 Å². The molecule has 0 bridgehead atoms. The Hall–Kier alpha value is 0.730. The van der Waals surface area contributed by atoms with Crippen molar-refractivity contribution in [3.63, 3.8) is 0 Å². The third kappa shape index (κ3) is 7.38. The monoisotopic (exact) mass is 256 g/mol. The van der Waals surface area contributed by atoms with Crippen molar-refractivity contribution < 1.29 is 4.74 Å². The molecule has 12 heavy (non-hydrogen) atoms. The van der Waals surface area contributed by atoms with Crippen LogP contribution in [0.3, 0.4) is 0 Å². The maximum atomic E-state index is 6.10. The number of halogens is 2. The van der Waals surface area contributed by atoms with Gasteiger partial charge in [-0.3, -0.25) is 0 Å². The summed E-state index contributed by atoms with van der Waals surface area (Å²) in [6.07, 6.45) is 4.56. The third-order valence-corrected chi connectivity index (χ3v) is 2.76. The van der Waals surface area contributed by atoms with Crippen LogP contribution in [0.4, 0.5) is 0 Å². The summed E-state index contributed by atoms with van der Waals surface area (Å²) in [6, 6.07) is 0. The largest absolute Gasteiger partial charge is 0.384 e. The zero-order valence-electron chi connectivity index (χ0n) is 7.85. The van der Waals surface area contributed by atoms with Gasteiger partial charge >= 0.3 is 0 Å². The van der Waals surface area contributed by atoms with Crippen molar-refractivity contribution in [2.45, 2.75) is 42.8 Å². The molecule has 0 rings (SSSR count). The number of rotatable bonds is 7. The molecule has 0 aliphatic heterocycles. The van der Waals surface area contributed by atoms with Crippen LogP contribution in [0.1, 0.15) is 32.6 Å². The summed E-state index contributed by atoms with van der Waals surface area (Å²) < 4.78 is 5.00. The predicted octanol–water partition coefficient (Wildman–Crippen LogP) is 3.58. The van der Waals surface area contributed by atoms with E-state index in [0.29, 0.717) is 10.2 Å². The lowest BCUT2D eigenvalue weighted by Gasteiger charge is -2.12. The molecule has 0 saturated heterocycles. The molecule has 0 aromatic rings. The van der Waals surface area contributed by atoms with Gasteiger partial charge in [0.15, 0.2) is 0 Å². The van der Waals surface area contributed by atoms with Gasteiger partial charge in [-0.05, 0) is 12.8 Å². The Morgan fingerprint density at radius 1 is 1.50 bits per heavy atom. The summed E-state index contributed by atoms with van der Waals surface area (Å²) in [4.78, 5) is 0.404. The average Bonchev–Trinajstić information content (AvgIpc) is 2.01. The summed E-state index contributed by atoms with van der Waals surface area (Å²) in [5, 5.41) is 0.296. The first kappa shape index (κ1) is 12.7. The van der Waals surface area contributed by atoms with Crippen LogP contribution in [0.25, 0.3) is 0 Å². The Morgan fingerprint density at radius 2 is 2.17 bits per heavy atom. The van der Waals surface area contributed by atoms with Crippen molar-refractivity contribution in [1.29, 1.82) is 0 Å². The van der Waals surface area contributed by atoms with Crippen molar-refractivity contribution >= 4 is 27.5 Å². The van der Waals surface area contributed by atoms with E-state index in [2.05, 4.69) is 22.9 Å². The van der Waals surface area contributed by atoms with Crippen LogP contribution in [0.5, 0.6) is 0 Å². The quantitative estimate of drug-likeness (QED) is 0.634. The highest BCUT2D eigenvalue weighted by atomic mass is 79.9. The van der Waals surface area contributed by atoms with Crippen LogP contribution in [0.15, 0.2) is 0 Å². The predicted molar refractivity (Wildman–Crippen MR) is 58.4 cm³/mol. The van der Waals surface area contributed by atoms with Crippen LogP contribution < -0.4 is 0 Å². The van der Waals surface area contributed by atoms with Crippen molar-refractivity contribution in [2.24, 2.45) is 0 Å². The number of methoxy groups -OCH3 is 1. The molecule has 2 unspecified atom stereocenters. The highest BCUT2D eigenvalue weighted by Crippen LogP contribution is 2.17. The standard InChI is InChI=1S/C9H18BrClO/c1-3-4-5-9(11)6-8(10)7-12-2/h8-9H,3-7H2,1-2H3. The molecule has 2 atom stereocenters. The van der Waals surface area contributed by atoms with Gasteiger partial charge in [-0.25, -0.2) is 0 Å². The molecule has 0 aliphatic rings. The van der Waals surface area contributed by atoms with E-state index in [-0.39, 0.29) is 0 Å². The van der Waals surface area contributed by atoms with Crippen LogP contribution in [0.2, 0.25) is 0 Å². The first-order chi connectivity index (χ1) is 5.70. The summed E-state index contributed by atoms with van der Waals surface area (Å²) in [5.41, 5.74) is 0. The molecule has 1 nitrogen and oxygen atoms in total. The molecule has 0 aromatic heterocycles. The van der Waals surface area contributed by atoms with Gasteiger partial charge in [0.25, 0.3) is 0 Å². The molecule has 0 spiro atoms. The minimum Gasteiger partial charge on any atom is -0.384 e. The second-order valence-electron chi connectivity index (χ2n) is 3.03. The summed E-state index contributed by atoms with van der Waals surface area (Å²) in [7, 11) is 1.71. The average molecular weight is 258 g/mol. The Bertz CT molecular complexity index is 101. The Morgan fingerprint density at radius 3 is 2.67 bits per heavy atom. The molecular formula is C9H18BrClO. The van der Waals surface area contributed by atoms with Crippen molar-refractivity contribution in [1.82, 2.24) is 0 Å². The van der Waals surface area contributed by atoms with Gasteiger partial charge in [0.1, 0.15) is 0 Å². The van der Waals surface area contributed by atoms with Crippen LogP contribution in [-0.2, 0) is 4.74 Å². The smallest absolute Gasteiger partial charge is 0.0588 e. The van der Waals surface area contributed by atoms with Crippen molar-refractivity contribution in [2.75, 3.05) is 13.7 Å². The van der Waals surface area contributed by atoms with Gasteiger partial charge in [0.2, 0.25) is 0 Å². The van der Waals surface area contributed by atoms with Crippen molar-refractivity contribution in [3.05, 3.63) is 0 Å². The second-order valence-corrected chi connectivity index (χ2v) is 4.94. The number of hydrogen-bond acceptors (Lipinski definition) is 1. The first-order valence-corrected chi connectivity index (χ1v) is 5.83. The minimum absolute atomic E-state index is 0.296. The molecule has 0 aliphatic carbocycles. The molecule has 3 heteroatoms. The van der Waals surface area contributed by atoms with E-state index in [0.717, 1.165) is 19.4 Å². The molecule has 0 radical (unpaired) electrons. The maximum Gasteiger partial charge on any atom is 0.0588 e. The first-order valence-electron chi connectivity index (χ1n) is 4.47. The topological polar surface area (TPSA) is 9.23 Å². The lowest BCUT2D eigenvalue weighted by molar-refractivity contribution is 0.198. The van der Waals surface area contributed by atoms with E-state index in [1.807, 2.05) is 0 Å². The van der Waals surface area contributed by atoms with Gasteiger partial charge in [-0.1, -0.05) is 35.7 Å². The molecule has 0 aromatic carbocycles. The van der Waals surface area contributed by atoms with E-state index in [4.69, 9.17) is 16.3 Å².